The first kappa shape index (κ1) is 24.5. The molecule has 0 radical (unpaired) electrons. The van der Waals surface area contributed by atoms with Gasteiger partial charge in [0, 0.05) is 24.2 Å². The highest BCUT2D eigenvalue weighted by molar-refractivity contribution is 5.68. The summed E-state index contributed by atoms with van der Waals surface area (Å²) in [5, 5.41) is 0. The van der Waals surface area contributed by atoms with Crippen molar-refractivity contribution < 1.29 is 18.7 Å². The summed E-state index contributed by atoms with van der Waals surface area (Å²) in [6, 6.07) is 3.21. The number of rotatable bonds is 3. The number of likely N-dealkylation sites (tertiary alicyclic amines) is 1. The van der Waals surface area contributed by atoms with E-state index in [1.807, 2.05) is 20.8 Å². The zero-order valence-electron chi connectivity index (χ0n) is 20.3. The van der Waals surface area contributed by atoms with Crippen molar-refractivity contribution in [1.29, 1.82) is 0 Å². The van der Waals surface area contributed by atoms with Crippen LogP contribution in [0.2, 0.25) is 0 Å². The van der Waals surface area contributed by atoms with Crippen LogP contribution >= 0.6 is 0 Å². The first-order valence-electron chi connectivity index (χ1n) is 11.0. The van der Waals surface area contributed by atoms with Crippen molar-refractivity contribution in [2.45, 2.75) is 91.6 Å². The fraction of sp³-hybridized carbons (Fsp3) is 0.720. The summed E-state index contributed by atoms with van der Waals surface area (Å²) in [6.45, 7) is 20.1. The Labute approximate surface area is 182 Å². The number of carbonyl (C=O) groups excluding carboxylic acids is 1. The topological polar surface area (TPSA) is 38.8 Å². The van der Waals surface area contributed by atoms with Crippen LogP contribution in [0, 0.1) is 11.7 Å². The molecule has 0 aliphatic carbocycles. The standard InChI is InChI=1S/C25H40FNO3/c1-23(2,3)19-14-18(26)15-20(24(4,5)6)21(19)29-16-17-10-12-27(13-11-17)22(28)30-25(7,8)9/h14-15,17H,10-13,16H2,1-9H3. The third-order valence-electron chi connectivity index (χ3n) is 5.40. The molecule has 0 unspecified atom stereocenters. The van der Waals surface area contributed by atoms with E-state index in [0.717, 1.165) is 29.7 Å². The number of halogens is 1. The number of hydrogen-bond donors (Lipinski definition) is 0. The molecule has 1 fully saturated rings. The third kappa shape index (κ3) is 6.61. The Balaban J connectivity index is 2.11. The highest BCUT2D eigenvalue weighted by Crippen LogP contribution is 2.41. The van der Waals surface area contributed by atoms with Gasteiger partial charge in [-0.25, -0.2) is 9.18 Å². The smallest absolute Gasteiger partial charge is 0.410 e. The van der Waals surface area contributed by atoms with Gasteiger partial charge >= 0.3 is 6.09 Å². The molecule has 170 valence electrons. The van der Waals surface area contributed by atoms with Gasteiger partial charge in [-0.1, -0.05) is 41.5 Å². The molecular weight excluding hydrogens is 381 g/mol. The Morgan fingerprint density at radius 1 is 0.967 bits per heavy atom. The van der Waals surface area contributed by atoms with Gasteiger partial charge in [0.15, 0.2) is 0 Å². The maximum atomic E-state index is 14.4. The van der Waals surface area contributed by atoms with Gasteiger partial charge in [0.25, 0.3) is 0 Å². The summed E-state index contributed by atoms with van der Waals surface area (Å²) < 4.78 is 26.3. The quantitative estimate of drug-likeness (QED) is 0.563. The first-order chi connectivity index (χ1) is 13.6. The summed E-state index contributed by atoms with van der Waals surface area (Å²) in [7, 11) is 0. The molecule has 1 aliphatic rings. The molecule has 0 spiro atoms. The summed E-state index contributed by atoms with van der Waals surface area (Å²) in [5.74, 6) is 0.947. The lowest BCUT2D eigenvalue weighted by molar-refractivity contribution is 0.0164. The molecule has 1 aromatic carbocycles. The molecule has 1 aliphatic heterocycles. The van der Waals surface area contributed by atoms with Crippen LogP contribution < -0.4 is 4.74 Å². The zero-order chi connectivity index (χ0) is 22.9. The second kappa shape index (κ2) is 8.76. The molecule has 0 saturated carbocycles. The average molecular weight is 422 g/mol. The van der Waals surface area contributed by atoms with Gasteiger partial charge in [-0.15, -0.1) is 0 Å². The van der Waals surface area contributed by atoms with Crippen LogP contribution in [-0.4, -0.2) is 36.3 Å². The minimum absolute atomic E-state index is 0.220. The van der Waals surface area contributed by atoms with Crippen molar-refractivity contribution in [2.75, 3.05) is 19.7 Å². The van der Waals surface area contributed by atoms with Gasteiger partial charge in [-0.2, -0.15) is 0 Å². The molecule has 5 heteroatoms. The number of hydrogen-bond acceptors (Lipinski definition) is 3. The molecule has 1 aromatic rings. The number of carbonyl (C=O) groups is 1. The van der Waals surface area contributed by atoms with E-state index in [2.05, 4.69) is 41.5 Å². The van der Waals surface area contributed by atoms with E-state index >= 15 is 0 Å². The van der Waals surface area contributed by atoms with Gasteiger partial charge in [0.2, 0.25) is 0 Å². The zero-order valence-corrected chi connectivity index (χ0v) is 20.3. The van der Waals surface area contributed by atoms with Crippen molar-refractivity contribution in [3.8, 4) is 5.75 Å². The Hall–Kier alpha value is -1.78. The molecule has 30 heavy (non-hydrogen) atoms. The van der Waals surface area contributed by atoms with Crippen LogP contribution in [0.25, 0.3) is 0 Å². The maximum absolute atomic E-state index is 14.4. The number of amides is 1. The van der Waals surface area contributed by atoms with Gasteiger partial charge in [-0.05, 0) is 62.5 Å². The molecule has 0 bridgehead atoms. The Morgan fingerprint density at radius 2 is 1.43 bits per heavy atom. The molecule has 0 aromatic heterocycles. The van der Waals surface area contributed by atoms with Crippen LogP contribution in [0.15, 0.2) is 12.1 Å². The van der Waals surface area contributed by atoms with Gasteiger partial charge in [0.05, 0.1) is 6.61 Å². The summed E-state index contributed by atoms with van der Waals surface area (Å²) in [6.07, 6.45) is 1.50. The van der Waals surface area contributed by atoms with E-state index in [4.69, 9.17) is 9.47 Å². The van der Waals surface area contributed by atoms with E-state index < -0.39 is 5.60 Å². The number of ether oxygens (including phenoxy) is 2. The van der Waals surface area contributed by atoms with Crippen molar-refractivity contribution in [3.63, 3.8) is 0 Å². The van der Waals surface area contributed by atoms with Crippen molar-refractivity contribution in [1.82, 2.24) is 4.90 Å². The molecule has 1 saturated heterocycles. The van der Waals surface area contributed by atoms with Gasteiger partial charge < -0.3 is 14.4 Å². The predicted molar refractivity (Wildman–Crippen MR) is 120 cm³/mol. The highest BCUT2D eigenvalue weighted by Gasteiger charge is 2.30. The van der Waals surface area contributed by atoms with Crippen LogP contribution in [-0.2, 0) is 15.6 Å². The van der Waals surface area contributed by atoms with E-state index in [9.17, 15) is 9.18 Å². The van der Waals surface area contributed by atoms with Crippen molar-refractivity contribution in [3.05, 3.63) is 29.1 Å². The van der Waals surface area contributed by atoms with E-state index in [-0.39, 0.29) is 22.7 Å². The minimum Gasteiger partial charge on any atom is -0.493 e. The molecule has 0 N–H and O–H groups in total. The van der Waals surface area contributed by atoms with Crippen molar-refractivity contribution >= 4 is 6.09 Å². The fourth-order valence-corrected chi connectivity index (χ4v) is 3.67. The normalized spacial score (nSPS) is 16.5. The monoisotopic (exact) mass is 421 g/mol. The van der Waals surface area contributed by atoms with Gasteiger partial charge in [-0.3, -0.25) is 0 Å². The Kier molecular flexibility index (Phi) is 7.15. The lowest BCUT2D eigenvalue weighted by atomic mass is 9.79. The maximum Gasteiger partial charge on any atom is 0.410 e. The summed E-state index contributed by atoms with van der Waals surface area (Å²) in [4.78, 5) is 14.1. The number of benzene rings is 1. The number of nitrogens with zero attached hydrogens (tertiary/aromatic N) is 1. The summed E-state index contributed by atoms with van der Waals surface area (Å²) in [5.41, 5.74) is 0.874. The van der Waals surface area contributed by atoms with Crippen molar-refractivity contribution in [2.24, 2.45) is 5.92 Å². The lowest BCUT2D eigenvalue weighted by Gasteiger charge is -2.34. The van der Waals surface area contributed by atoms with E-state index in [1.165, 1.54) is 0 Å². The molecule has 1 heterocycles. The fourth-order valence-electron chi connectivity index (χ4n) is 3.67. The SMILES string of the molecule is CC(C)(C)OC(=O)N1CCC(COc2c(C(C)(C)C)cc(F)cc2C(C)(C)C)CC1. The van der Waals surface area contributed by atoms with Crippen LogP contribution in [0.5, 0.6) is 5.75 Å². The van der Waals surface area contributed by atoms with Crippen LogP contribution in [0.4, 0.5) is 9.18 Å². The second-order valence-electron chi connectivity index (χ2n) is 11.6. The largest absolute Gasteiger partial charge is 0.493 e. The summed E-state index contributed by atoms with van der Waals surface area (Å²) >= 11 is 0. The highest BCUT2D eigenvalue weighted by atomic mass is 19.1. The molecule has 4 nitrogen and oxygen atoms in total. The van der Waals surface area contributed by atoms with E-state index in [1.54, 1.807) is 17.0 Å². The van der Waals surface area contributed by atoms with E-state index in [0.29, 0.717) is 25.6 Å². The predicted octanol–water partition coefficient (Wildman–Crippen LogP) is 6.45. The Morgan fingerprint density at radius 3 is 1.83 bits per heavy atom. The van der Waals surface area contributed by atoms with Gasteiger partial charge in [0.1, 0.15) is 17.2 Å². The molecule has 2 rings (SSSR count). The first-order valence-corrected chi connectivity index (χ1v) is 11.0. The van der Waals surface area contributed by atoms with Crippen LogP contribution in [0.3, 0.4) is 0 Å². The Bertz CT molecular complexity index is 710. The molecular formula is C25H40FNO3. The molecule has 0 atom stereocenters. The van der Waals surface area contributed by atoms with Crippen LogP contribution in [0.1, 0.15) is 86.3 Å². The molecule has 1 amide bonds. The third-order valence-corrected chi connectivity index (χ3v) is 5.40. The average Bonchev–Trinajstić information content (AvgIpc) is 2.57. The number of piperidine rings is 1. The minimum atomic E-state index is -0.480. The lowest BCUT2D eigenvalue weighted by Crippen LogP contribution is -2.42. The second-order valence-corrected chi connectivity index (χ2v) is 11.6.